The van der Waals surface area contributed by atoms with E-state index >= 15 is 0 Å². The predicted molar refractivity (Wildman–Crippen MR) is 142 cm³/mol. The fourth-order valence-electron chi connectivity index (χ4n) is 5.35. The maximum Gasteiger partial charge on any atom is 0.244 e. The zero-order valence-electron chi connectivity index (χ0n) is 20.7. The first-order valence-electron chi connectivity index (χ1n) is 12.8. The van der Waals surface area contributed by atoms with Gasteiger partial charge in [-0.1, -0.05) is 60.7 Å². The highest BCUT2D eigenvalue weighted by Crippen LogP contribution is 2.29. The Morgan fingerprint density at radius 3 is 2.41 bits per heavy atom. The summed E-state index contributed by atoms with van der Waals surface area (Å²) in [6, 6.07) is 26.5. The van der Waals surface area contributed by atoms with Gasteiger partial charge in [-0.15, -0.1) is 0 Å². The largest absolute Gasteiger partial charge is 0.489 e. The van der Waals surface area contributed by atoms with E-state index in [0.717, 1.165) is 35.3 Å². The molecule has 3 heterocycles. The maximum absolute atomic E-state index is 12.5. The van der Waals surface area contributed by atoms with Crippen LogP contribution in [-0.2, 0) is 29.3 Å². The molecule has 0 radical (unpaired) electrons. The van der Waals surface area contributed by atoms with Crippen LogP contribution in [0, 0.1) is 0 Å². The number of amides is 2. The van der Waals surface area contributed by atoms with Crippen LogP contribution in [0.25, 0.3) is 10.9 Å². The highest BCUT2D eigenvalue weighted by atomic mass is 16.5. The zero-order valence-corrected chi connectivity index (χ0v) is 20.7. The van der Waals surface area contributed by atoms with Crippen LogP contribution < -0.4 is 10.1 Å². The fraction of sp³-hybridized carbons (Fsp3) is 0.267. The van der Waals surface area contributed by atoms with Gasteiger partial charge in [0.25, 0.3) is 0 Å². The first-order valence-corrected chi connectivity index (χ1v) is 12.8. The zero-order chi connectivity index (χ0) is 25.2. The molecule has 1 atom stereocenters. The van der Waals surface area contributed by atoms with Gasteiger partial charge in [-0.05, 0) is 34.9 Å². The molecule has 0 spiro atoms. The molecule has 2 amide bonds. The SMILES string of the molecule is O=C1NCC(=O)N2CCN(Cc3cn(Cc4ccccc4)c4ccc(OCc5ccccc5)cc34)CC12. The number of ether oxygens (including phenoxy) is 1. The molecule has 2 fully saturated rings. The number of benzene rings is 3. The predicted octanol–water partition coefficient (Wildman–Crippen LogP) is 3.41. The van der Waals surface area contributed by atoms with Crippen LogP contribution in [0.1, 0.15) is 16.7 Å². The molecule has 0 bridgehead atoms. The molecule has 1 aromatic heterocycles. The van der Waals surface area contributed by atoms with Crippen LogP contribution in [0.3, 0.4) is 0 Å². The Labute approximate surface area is 216 Å². The van der Waals surface area contributed by atoms with Gasteiger partial charge in [0.05, 0.1) is 6.54 Å². The molecule has 0 aliphatic carbocycles. The summed E-state index contributed by atoms with van der Waals surface area (Å²) < 4.78 is 8.44. The molecule has 4 aromatic rings. The van der Waals surface area contributed by atoms with Gasteiger partial charge in [0.1, 0.15) is 18.4 Å². The topological polar surface area (TPSA) is 66.8 Å². The third kappa shape index (κ3) is 4.95. The first-order chi connectivity index (χ1) is 18.1. The van der Waals surface area contributed by atoms with Gasteiger partial charge in [-0.25, -0.2) is 0 Å². The summed E-state index contributed by atoms with van der Waals surface area (Å²) >= 11 is 0. The van der Waals surface area contributed by atoms with Gasteiger partial charge >= 0.3 is 0 Å². The van der Waals surface area contributed by atoms with E-state index in [2.05, 4.69) is 69.5 Å². The van der Waals surface area contributed by atoms with Crippen molar-refractivity contribution in [3.63, 3.8) is 0 Å². The molecule has 7 heteroatoms. The molecular weight excluding hydrogens is 464 g/mol. The minimum Gasteiger partial charge on any atom is -0.489 e. The normalized spacial score (nSPS) is 18.1. The number of hydrogen-bond acceptors (Lipinski definition) is 4. The van der Waals surface area contributed by atoms with E-state index < -0.39 is 6.04 Å². The van der Waals surface area contributed by atoms with E-state index in [0.29, 0.717) is 26.2 Å². The molecule has 6 rings (SSSR count). The first kappa shape index (κ1) is 23.3. The van der Waals surface area contributed by atoms with Crippen molar-refractivity contribution in [3.05, 3.63) is 102 Å². The lowest BCUT2D eigenvalue weighted by atomic mass is 10.1. The Bertz CT molecular complexity index is 1420. The van der Waals surface area contributed by atoms with E-state index in [9.17, 15) is 9.59 Å². The minimum atomic E-state index is -0.419. The number of aromatic nitrogens is 1. The van der Waals surface area contributed by atoms with Crippen LogP contribution >= 0.6 is 0 Å². The maximum atomic E-state index is 12.5. The van der Waals surface area contributed by atoms with E-state index in [4.69, 9.17) is 4.74 Å². The third-order valence-corrected chi connectivity index (χ3v) is 7.27. The van der Waals surface area contributed by atoms with Crippen LogP contribution in [0.15, 0.2) is 85.1 Å². The Morgan fingerprint density at radius 2 is 1.62 bits per heavy atom. The number of fused-ring (bicyclic) bond motifs is 2. The van der Waals surface area contributed by atoms with Crippen LogP contribution in [-0.4, -0.2) is 58.4 Å². The molecule has 2 saturated heterocycles. The van der Waals surface area contributed by atoms with Gasteiger partial charge in [-0.2, -0.15) is 0 Å². The fourth-order valence-corrected chi connectivity index (χ4v) is 5.35. The number of nitrogens with one attached hydrogen (secondary N) is 1. The molecule has 1 N–H and O–H groups in total. The van der Waals surface area contributed by atoms with Crippen molar-refractivity contribution < 1.29 is 14.3 Å². The molecule has 2 aliphatic heterocycles. The van der Waals surface area contributed by atoms with Crippen molar-refractivity contribution in [3.8, 4) is 5.75 Å². The molecule has 188 valence electrons. The Kier molecular flexibility index (Phi) is 6.37. The Balaban J connectivity index is 1.28. The summed E-state index contributed by atoms with van der Waals surface area (Å²) in [7, 11) is 0. The molecular formula is C30H30N4O3. The second-order valence-corrected chi connectivity index (χ2v) is 9.78. The van der Waals surface area contributed by atoms with E-state index in [1.54, 1.807) is 4.90 Å². The van der Waals surface area contributed by atoms with Crippen molar-refractivity contribution in [1.82, 2.24) is 19.7 Å². The summed E-state index contributed by atoms with van der Waals surface area (Å²) in [5.41, 5.74) is 4.70. The molecule has 37 heavy (non-hydrogen) atoms. The highest BCUT2D eigenvalue weighted by molar-refractivity contribution is 5.95. The molecule has 0 saturated carbocycles. The Morgan fingerprint density at radius 1 is 0.865 bits per heavy atom. The van der Waals surface area contributed by atoms with Gasteiger partial charge in [0, 0.05) is 49.8 Å². The number of carbonyl (C=O) groups is 2. The summed E-state index contributed by atoms with van der Waals surface area (Å²) in [6.07, 6.45) is 2.22. The number of rotatable bonds is 7. The molecule has 1 unspecified atom stereocenters. The monoisotopic (exact) mass is 494 g/mol. The lowest BCUT2D eigenvalue weighted by Gasteiger charge is -2.42. The Hall–Kier alpha value is -4.10. The lowest BCUT2D eigenvalue weighted by molar-refractivity contribution is -0.149. The number of piperazine rings is 2. The van der Waals surface area contributed by atoms with E-state index in [1.165, 1.54) is 11.1 Å². The average molecular weight is 495 g/mol. The van der Waals surface area contributed by atoms with E-state index in [1.807, 2.05) is 30.3 Å². The number of nitrogens with zero attached hydrogens (tertiary/aromatic N) is 3. The third-order valence-electron chi connectivity index (χ3n) is 7.27. The summed E-state index contributed by atoms with van der Waals surface area (Å²) in [4.78, 5) is 28.7. The van der Waals surface area contributed by atoms with Crippen molar-refractivity contribution in [2.75, 3.05) is 26.2 Å². The minimum absolute atomic E-state index is 0.00363. The second-order valence-electron chi connectivity index (χ2n) is 9.78. The molecule has 2 aliphatic rings. The highest BCUT2D eigenvalue weighted by Gasteiger charge is 2.38. The van der Waals surface area contributed by atoms with Crippen LogP contribution in [0.2, 0.25) is 0 Å². The number of hydrogen-bond donors (Lipinski definition) is 1. The number of carbonyl (C=O) groups excluding carboxylic acids is 2. The average Bonchev–Trinajstić information content (AvgIpc) is 3.26. The van der Waals surface area contributed by atoms with Gasteiger partial charge < -0.3 is 19.5 Å². The smallest absolute Gasteiger partial charge is 0.244 e. The van der Waals surface area contributed by atoms with Crippen molar-refractivity contribution in [2.24, 2.45) is 0 Å². The van der Waals surface area contributed by atoms with Crippen molar-refractivity contribution in [1.29, 1.82) is 0 Å². The summed E-state index contributed by atoms with van der Waals surface area (Å²) in [6.45, 7) is 3.94. The lowest BCUT2D eigenvalue weighted by Crippen LogP contribution is -2.65. The van der Waals surface area contributed by atoms with Gasteiger partial charge in [-0.3, -0.25) is 14.5 Å². The van der Waals surface area contributed by atoms with Gasteiger partial charge in [0.2, 0.25) is 11.8 Å². The standard InChI is InChI=1S/C30H30N4O3/c35-29-16-31-30(36)28-20-32(13-14-34(28)29)18-24-19-33(17-22-7-3-1-4-8-22)27-12-11-25(15-26(24)27)37-21-23-9-5-2-6-10-23/h1-12,15,19,28H,13-14,16-18,20-21H2,(H,31,36). The second kappa shape index (κ2) is 10.1. The van der Waals surface area contributed by atoms with Crippen molar-refractivity contribution in [2.45, 2.75) is 25.7 Å². The van der Waals surface area contributed by atoms with E-state index in [-0.39, 0.29) is 18.4 Å². The molecule has 7 nitrogen and oxygen atoms in total. The molecule has 3 aromatic carbocycles. The quantitative estimate of drug-likeness (QED) is 0.428. The van der Waals surface area contributed by atoms with Crippen LogP contribution in [0.4, 0.5) is 0 Å². The summed E-state index contributed by atoms with van der Waals surface area (Å²) in [5, 5.41) is 3.88. The van der Waals surface area contributed by atoms with Crippen molar-refractivity contribution >= 4 is 22.7 Å². The van der Waals surface area contributed by atoms with Crippen LogP contribution in [0.5, 0.6) is 5.75 Å². The summed E-state index contributed by atoms with van der Waals surface area (Å²) in [5.74, 6) is 0.772. The van der Waals surface area contributed by atoms with Gasteiger partial charge in [0.15, 0.2) is 0 Å².